The molecule has 0 aliphatic carbocycles. The first kappa shape index (κ1) is 30.3. The van der Waals surface area contributed by atoms with E-state index in [4.69, 9.17) is 19.0 Å². The van der Waals surface area contributed by atoms with E-state index in [1.807, 2.05) is 13.8 Å². The number of carbonyl (C=O) groups is 1. The zero-order valence-electron chi connectivity index (χ0n) is 22.7. The van der Waals surface area contributed by atoms with Crippen LogP contribution in [-0.4, -0.2) is 43.5 Å². The van der Waals surface area contributed by atoms with E-state index in [2.05, 4.69) is 52.9 Å². The molecule has 0 unspecified atom stereocenters. The number of hydrogen-bond acceptors (Lipinski definition) is 4. The topological polar surface area (TPSA) is 65.0 Å². The van der Waals surface area contributed by atoms with E-state index in [-0.39, 0.29) is 29.8 Å². The van der Waals surface area contributed by atoms with Crippen LogP contribution in [0.3, 0.4) is 0 Å². The van der Waals surface area contributed by atoms with Gasteiger partial charge in [0.1, 0.15) is 6.10 Å². The summed E-state index contributed by atoms with van der Waals surface area (Å²) in [6.07, 6.45) is 15.5. The summed E-state index contributed by atoms with van der Waals surface area (Å²) in [5.74, 6) is -1.30. The first-order valence-electron chi connectivity index (χ1n) is 13.2. The summed E-state index contributed by atoms with van der Waals surface area (Å²) in [5.41, 5.74) is 0. The maximum absolute atomic E-state index is 10.9. The molecule has 1 N–H and O–H groups in total. The number of aliphatic carboxylic acids is 1. The molecule has 0 spiro atoms. The van der Waals surface area contributed by atoms with E-state index in [9.17, 15) is 4.79 Å². The first-order valence-corrected chi connectivity index (χ1v) is 16.1. The minimum absolute atomic E-state index is 0.0262. The maximum Gasteiger partial charge on any atom is 0.303 e. The smallest absolute Gasteiger partial charge is 0.303 e. The molecule has 0 aromatic heterocycles. The van der Waals surface area contributed by atoms with Crippen LogP contribution in [0.1, 0.15) is 112 Å². The summed E-state index contributed by atoms with van der Waals surface area (Å²) >= 11 is 0. The standard InChI is InChI=1S/C27H52O5Si/c1-9-10-11-12-13-14-18-23-24(31-27(5,6)30-23)21-20-22(17-15-16-19-25(28)29)32-33(7,8)26(2,3)4/h20-24H,9-19H2,1-8H3,(H,28,29)/b21-20+/t22-,23-,24-/m1/s1. The SMILES string of the molecule is CCCCCCCC[C@H]1OC(C)(C)O[C@@H]1/C=C/[C@@H](CCCCC(=O)O)O[Si](C)(C)C(C)(C)C. The number of unbranched alkanes of at least 4 members (excludes halogenated alkanes) is 6. The normalized spacial score (nSPS) is 22.2. The Hall–Kier alpha value is -0.693. The summed E-state index contributed by atoms with van der Waals surface area (Å²) in [6, 6.07) is 0. The third-order valence-corrected chi connectivity index (χ3v) is 11.5. The lowest BCUT2D eigenvalue weighted by Crippen LogP contribution is -2.43. The van der Waals surface area contributed by atoms with E-state index in [0.29, 0.717) is 6.42 Å². The fraction of sp³-hybridized carbons (Fsp3) is 0.889. The molecule has 0 bridgehead atoms. The van der Waals surface area contributed by atoms with Crippen molar-refractivity contribution >= 4 is 14.3 Å². The Morgan fingerprint density at radius 1 is 1.06 bits per heavy atom. The molecular formula is C27H52O5Si. The van der Waals surface area contributed by atoms with Crippen molar-refractivity contribution < 1.29 is 23.8 Å². The summed E-state index contributed by atoms with van der Waals surface area (Å²) in [6.45, 7) is 17.5. The second-order valence-corrected chi connectivity index (χ2v) is 16.4. The van der Waals surface area contributed by atoms with Crippen LogP contribution < -0.4 is 0 Å². The first-order chi connectivity index (χ1) is 15.3. The lowest BCUT2D eigenvalue weighted by Gasteiger charge is -2.38. The molecule has 194 valence electrons. The van der Waals surface area contributed by atoms with E-state index >= 15 is 0 Å². The van der Waals surface area contributed by atoms with E-state index in [1.165, 1.54) is 32.1 Å². The van der Waals surface area contributed by atoms with Crippen molar-refractivity contribution in [2.24, 2.45) is 0 Å². The van der Waals surface area contributed by atoms with E-state index in [1.54, 1.807) is 0 Å². The average Bonchev–Trinajstić information content (AvgIpc) is 2.98. The Morgan fingerprint density at radius 3 is 2.30 bits per heavy atom. The van der Waals surface area contributed by atoms with Gasteiger partial charge in [0, 0.05) is 6.42 Å². The number of ether oxygens (including phenoxy) is 2. The second-order valence-electron chi connectivity index (χ2n) is 11.6. The number of carboxylic acids is 1. The van der Waals surface area contributed by atoms with Crippen molar-refractivity contribution in [3.63, 3.8) is 0 Å². The van der Waals surface area contributed by atoms with Crippen LogP contribution >= 0.6 is 0 Å². The molecule has 1 aliphatic rings. The van der Waals surface area contributed by atoms with Gasteiger partial charge in [-0.05, 0) is 51.2 Å². The Morgan fingerprint density at radius 2 is 1.70 bits per heavy atom. The molecule has 0 aromatic carbocycles. The molecule has 1 heterocycles. The molecule has 1 rings (SSSR count). The van der Waals surface area contributed by atoms with Gasteiger partial charge in [0.05, 0.1) is 12.2 Å². The minimum atomic E-state index is -1.95. The molecule has 0 saturated carbocycles. The Kier molecular flexibility index (Phi) is 12.9. The van der Waals surface area contributed by atoms with Crippen LogP contribution in [0, 0.1) is 0 Å². The highest BCUT2D eigenvalue weighted by Gasteiger charge is 2.41. The number of rotatable bonds is 16. The highest BCUT2D eigenvalue weighted by atomic mass is 28.4. The van der Waals surface area contributed by atoms with Crippen molar-refractivity contribution in [1.82, 2.24) is 0 Å². The molecule has 0 amide bonds. The van der Waals surface area contributed by atoms with Crippen molar-refractivity contribution in [3.8, 4) is 0 Å². The lowest BCUT2D eigenvalue weighted by atomic mass is 10.0. The fourth-order valence-corrected chi connectivity index (χ4v) is 5.29. The van der Waals surface area contributed by atoms with Crippen LogP contribution in [0.2, 0.25) is 18.1 Å². The maximum atomic E-state index is 10.9. The van der Waals surface area contributed by atoms with E-state index in [0.717, 1.165) is 25.7 Å². The zero-order chi connectivity index (χ0) is 25.1. The molecule has 1 fully saturated rings. The quantitative estimate of drug-likeness (QED) is 0.137. The van der Waals surface area contributed by atoms with Gasteiger partial charge in [-0.1, -0.05) is 84.8 Å². The Bertz CT molecular complexity index is 594. The molecular weight excluding hydrogens is 432 g/mol. The number of carboxylic acid groups (broad SMARTS) is 1. The monoisotopic (exact) mass is 484 g/mol. The average molecular weight is 485 g/mol. The van der Waals surface area contributed by atoms with Crippen LogP contribution in [-0.2, 0) is 18.7 Å². The van der Waals surface area contributed by atoms with Crippen molar-refractivity contribution in [2.45, 2.75) is 154 Å². The molecule has 6 heteroatoms. The molecule has 0 aromatic rings. The van der Waals surface area contributed by atoms with Gasteiger partial charge in [-0.15, -0.1) is 0 Å². The van der Waals surface area contributed by atoms with Gasteiger partial charge in [-0.2, -0.15) is 0 Å². The van der Waals surface area contributed by atoms with Crippen LogP contribution in [0.15, 0.2) is 12.2 Å². The third kappa shape index (κ3) is 12.0. The summed E-state index contributed by atoms with van der Waals surface area (Å²) in [7, 11) is -1.95. The zero-order valence-corrected chi connectivity index (χ0v) is 23.7. The van der Waals surface area contributed by atoms with Gasteiger partial charge < -0.3 is 19.0 Å². The summed E-state index contributed by atoms with van der Waals surface area (Å²) in [5, 5.41) is 9.08. The highest BCUT2D eigenvalue weighted by molar-refractivity contribution is 6.74. The van der Waals surface area contributed by atoms with Gasteiger partial charge in [0.25, 0.3) is 0 Å². The molecule has 1 aliphatic heterocycles. The molecule has 1 saturated heterocycles. The fourth-order valence-electron chi connectivity index (χ4n) is 3.98. The van der Waals surface area contributed by atoms with Gasteiger partial charge in [0.15, 0.2) is 14.1 Å². The molecule has 3 atom stereocenters. The predicted molar refractivity (Wildman–Crippen MR) is 139 cm³/mol. The van der Waals surface area contributed by atoms with Crippen LogP contribution in [0.25, 0.3) is 0 Å². The molecule has 5 nitrogen and oxygen atoms in total. The van der Waals surface area contributed by atoms with Crippen LogP contribution in [0.4, 0.5) is 0 Å². The van der Waals surface area contributed by atoms with Gasteiger partial charge in [-0.3, -0.25) is 4.79 Å². The molecule has 33 heavy (non-hydrogen) atoms. The largest absolute Gasteiger partial charge is 0.481 e. The van der Waals surface area contributed by atoms with Gasteiger partial charge in [-0.25, -0.2) is 0 Å². The van der Waals surface area contributed by atoms with Gasteiger partial charge >= 0.3 is 5.97 Å². The van der Waals surface area contributed by atoms with Crippen molar-refractivity contribution in [3.05, 3.63) is 12.2 Å². The Labute approximate surface area is 204 Å². The highest BCUT2D eigenvalue weighted by Crippen LogP contribution is 2.38. The predicted octanol–water partition coefficient (Wildman–Crippen LogP) is 7.85. The second kappa shape index (κ2) is 14.0. The van der Waals surface area contributed by atoms with Crippen molar-refractivity contribution in [2.75, 3.05) is 0 Å². The van der Waals surface area contributed by atoms with E-state index < -0.39 is 20.1 Å². The number of hydrogen-bond donors (Lipinski definition) is 1. The third-order valence-electron chi connectivity index (χ3n) is 6.96. The minimum Gasteiger partial charge on any atom is -0.481 e. The Balaban J connectivity index is 2.78. The lowest BCUT2D eigenvalue weighted by molar-refractivity contribution is -0.143. The van der Waals surface area contributed by atoms with Crippen LogP contribution in [0.5, 0.6) is 0 Å². The van der Waals surface area contributed by atoms with Gasteiger partial charge in [0.2, 0.25) is 0 Å². The van der Waals surface area contributed by atoms with Crippen molar-refractivity contribution in [1.29, 1.82) is 0 Å². The molecule has 0 radical (unpaired) electrons. The summed E-state index contributed by atoms with van der Waals surface area (Å²) in [4.78, 5) is 10.9. The summed E-state index contributed by atoms with van der Waals surface area (Å²) < 4.78 is 19.2.